The van der Waals surface area contributed by atoms with E-state index in [1.165, 1.54) is 4.88 Å². The van der Waals surface area contributed by atoms with E-state index in [-0.39, 0.29) is 29.9 Å². The number of carbonyl (C=O) groups excluding carboxylic acids is 1. The fourth-order valence-electron chi connectivity index (χ4n) is 2.19. The molecule has 0 bridgehead atoms. The summed E-state index contributed by atoms with van der Waals surface area (Å²) in [5.41, 5.74) is 0.573. The summed E-state index contributed by atoms with van der Waals surface area (Å²) in [5.74, 6) is 1.23. The smallest absolute Gasteiger partial charge is 0.251 e. The van der Waals surface area contributed by atoms with E-state index in [2.05, 4.69) is 25.9 Å². The third-order valence-electron chi connectivity index (χ3n) is 3.42. The van der Waals surface area contributed by atoms with Crippen molar-refractivity contribution < 1.29 is 9.53 Å². The van der Waals surface area contributed by atoms with E-state index in [1.807, 2.05) is 20.0 Å². The molecule has 0 aliphatic heterocycles. The number of hydrogen-bond donors (Lipinski definition) is 3. The van der Waals surface area contributed by atoms with Gasteiger partial charge in [0, 0.05) is 36.3 Å². The van der Waals surface area contributed by atoms with Gasteiger partial charge in [0.2, 0.25) is 0 Å². The van der Waals surface area contributed by atoms with E-state index in [4.69, 9.17) is 4.74 Å². The first-order valence-corrected chi connectivity index (χ1v) is 9.29. The van der Waals surface area contributed by atoms with E-state index in [0.717, 1.165) is 11.6 Å². The normalized spacial score (nSPS) is 10.7. The molecule has 0 spiro atoms. The van der Waals surface area contributed by atoms with Crippen molar-refractivity contribution in [2.75, 3.05) is 26.7 Å². The molecule has 1 amide bonds. The predicted molar refractivity (Wildman–Crippen MR) is 120 cm³/mol. The van der Waals surface area contributed by atoms with Crippen molar-refractivity contribution in [2.24, 2.45) is 4.99 Å². The Morgan fingerprint density at radius 3 is 2.70 bits per heavy atom. The highest BCUT2D eigenvalue weighted by atomic mass is 127. The Morgan fingerprint density at radius 2 is 2.04 bits per heavy atom. The summed E-state index contributed by atoms with van der Waals surface area (Å²) in [5, 5.41) is 10.2. The van der Waals surface area contributed by atoms with E-state index in [0.29, 0.717) is 36.9 Å². The molecule has 148 valence electrons. The van der Waals surface area contributed by atoms with Crippen molar-refractivity contribution in [3.63, 3.8) is 0 Å². The van der Waals surface area contributed by atoms with Crippen LogP contribution in [0.4, 0.5) is 0 Å². The molecular weight excluding hydrogens is 477 g/mol. The molecule has 0 saturated heterocycles. The summed E-state index contributed by atoms with van der Waals surface area (Å²) in [6, 6.07) is 7.07. The first-order valence-electron chi connectivity index (χ1n) is 8.48. The van der Waals surface area contributed by atoms with Gasteiger partial charge >= 0.3 is 0 Å². The van der Waals surface area contributed by atoms with Crippen LogP contribution in [0.25, 0.3) is 0 Å². The molecular formula is C18H26IN5O2S. The number of amides is 1. The zero-order chi connectivity index (χ0) is 18.8. The minimum absolute atomic E-state index is 0. The van der Waals surface area contributed by atoms with Gasteiger partial charge < -0.3 is 20.7 Å². The van der Waals surface area contributed by atoms with Crippen molar-refractivity contribution in [2.45, 2.75) is 20.4 Å². The third-order valence-corrected chi connectivity index (χ3v) is 4.32. The van der Waals surface area contributed by atoms with Gasteiger partial charge in [0.15, 0.2) is 5.96 Å². The number of rotatable bonds is 8. The second-order valence-electron chi connectivity index (χ2n) is 5.47. The predicted octanol–water partition coefficient (Wildman–Crippen LogP) is 2.56. The van der Waals surface area contributed by atoms with E-state index >= 15 is 0 Å². The number of thiazole rings is 1. The van der Waals surface area contributed by atoms with Crippen LogP contribution < -0.4 is 20.7 Å². The number of nitrogens with one attached hydrogen (secondary N) is 3. The lowest BCUT2D eigenvalue weighted by Gasteiger charge is -2.12. The molecule has 27 heavy (non-hydrogen) atoms. The van der Waals surface area contributed by atoms with Gasteiger partial charge in [0.25, 0.3) is 5.91 Å². The van der Waals surface area contributed by atoms with Crippen LogP contribution in [0.2, 0.25) is 0 Å². The summed E-state index contributed by atoms with van der Waals surface area (Å²) < 4.78 is 5.13. The minimum Gasteiger partial charge on any atom is -0.497 e. The lowest BCUT2D eigenvalue weighted by molar-refractivity contribution is 0.0954. The van der Waals surface area contributed by atoms with Crippen LogP contribution in [0.3, 0.4) is 0 Å². The molecule has 3 N–H and O–H groups in total. The summed E-state index contributed by atoms with van der Waals surface area (Å²) in [6.07, 6.45) is 1.85. The summed E-state index contributed by atoms with van der Waals surface area (Å²) in [4.78, 5) is 22.1. The topological polar surface area (TPSA) is 87.6 Å². The van der Waals surface area contributed by atoms with Gasteiger partial charge in [-0.1, -0.05) is 6.07 Å². The fourth-order valence-corrected chi connectivity index (χ4v) is 2.90. The largest absolute Gasteiger partial charge is 0.497 e. The molecule has 2 aromatic rings. The van der Waals surface area contributed by atoms with E-state index in [1.54, 1.807) is 42.7 Å². The highest BCUT2D eigenvalue weighted by Gasteiger charge is 2.06. The minimum atomic E-state index is -0.133. The van der Waals surface area contributed by atoms with Gasteiger partial charge in [-0.2, -0.15) is 0 Å². The SMILES string of the molecule is CCNC(=NCc1ncc(C)s1)NCCNC(=O)c1cccc(OC)c1.I. The van der Waals surface area contributed by atoms with Crippen LogP contribution in [0.15, 0.2) is 35.5 Å². The summed E-state index contributed by atoms with van der Waals surface area (Å²) in [6.45, 7) is 6.38. The van der Waals surface area contributed by atoms with Gasteiger partial charge in [-0.25, -0.2) is 9.98 Å². The number of nitrogens with zero attached hydrogens (tertiary/aromatic N) is 2. The van der Waals surface area contributed by atoms with E-state index < -0.39 is 0 Å². The number of benzene rings is 1. The second kappa shape index (κ2) is 12.5. The molecule has 0 fully saturated rings. The van der Waals surface area contributed by atoms with Crippen molar-refractivity contribution in [3.05, 3.63) is 45.9 Å². The molecule has 1 heterocycles. The third kappa shape index (κ3) is 8.12. The highest BCUT2D eigenvalue weighted by molar-refractivity contribution is 14.0. The molecule has 0 aliphatic carbocycles. The molecule has 0 atom stereocenters. The average molecular weight is 503 g/mol. The summed E-state index contributed by atoms with van der Waals surface area (Å²) >= 11 is 1.64. The highest BCUT2D eigenvalue weighted by Crippen LogP contribution is 2.12. The molecule has 0 aliphatic rings. The Morgan fingerprint density at radius 1 is 1.26 bits per heavy atom. The lowest BCUT2D eigenvalue weighted by atomic mass is 10.2. The van der Waals surface area contributed by atoms with E-state index in [9.17, 15) is 4.79 Å². The Balaban J connectivity index is 0.00000364. The van der Waals surface area contributed by atoms with Crippen molar-refractivity contribution >= 4 is 47.2 Å². The van der Waals surface area contributed by atoms with Crippen LogP contribution in [0, 0.1) is 6.92 Å². The quantitative estimate of drug-likeness (QED) is 0.223. The maximum Gasteiger partial charge on any atom is 0.251 e. The van der Waals surface area contributed by atoms with Crippen molar-refractivity contribution in [1.29, 1.82) is 0 Å². The first-order chi connectivity index (χ1) is 12.6. The number of aromatic nitrogens is 1. The van der Waals surface area contributed by atoms with Gasteiger partial charge in [-0.15, -0.1) is 35.3 Å². The standard InChI is InChI=1S/C18H25N5O2S.HI/c1-4-19-18(23-12-16-22-11-13(2)26-16)21-9-8-20-17(24)14-6-5-7-15(10-14)25-3;/h5-7,10-11H,4,8-9,12H2,1-3H3,(H,20,24)(H2,19,21,23);1H. The number of methoxy groups -OCH3 is 1. The maximum absolute atomic E-state index is 12.1. The number of carbonyl (C=O) groups is 1. The molecule has 0 saturated carbocycles. The maximum atomic E-state index is 12.1. The molecule has 9 heteroatoms. The Hall–Kier alpha value is -1.88. The molecule has 0 unspecified atom stereocenters. The molecule has 7 nitrogen and oxygen atoms in total. The van der Waals surface area contributed by atoms with Crippen LogP contribution in [-0.4, -0.2) is 43.6 Å². The van der Waals surface area contributed by atoms with Crippen LogP contribution in [0.1, 0.15) is 27.2 Å². The number of aryl methyl sites for hydroxylation is 1. The zero-order valence-electron chi connectivity index (χ0n) is 15.7. The number of guanidine groups is 1. The Bertz CT molecular complexity index is 751. The molecule has 0 radical (unpaired) electrons. The molecule has 1 aromatic carbocycles. The van der Waals surface area contributed by atoms with Gasteiger partial charge in [-0.05, 0) is 32.0 Å². The first kappa shape index (κ1) is 23.2. The monoisotopic (exact) mass is 503 g/mol. The molecule has 1 aromatic heterocycles. The Labute approximate surface area is 181 Å². The second-order valence-corrected chi connectivity index (χ2v) is 6.79. The van der Waals surface area contributed by atoms with Crippen LogP contribution >= 0.6 is 35.3 Å². The van der Waals surface area contributed by atoms with Crippen molar-refractivity contribution in [3.8, 4) is 5.75 Å². The fraction of sp³-hybridized carbons (Fsp3) is 0.389. The van der Waals surface area contributed by atoms with Gasteiger partial charge in [0.1, 0.15) is 10.8 Å². The zero-order valence-corrected chi connectivity index (χ0v) is 18.9. The molecule has 2 rings (SSSR count). The van der Waals surface area contributed by atoms with Crippen LogP contribution in [0.5, 0.6) is 5.75 Å². The van der Waals surface area contributed by atoms with Crippen LogP contribution in [-0.2, 0) is 6.54 Å². The summed E-state index contributed by atoms with van der Waals surface area (Å²) in [7, 11) is 1.58. The van der Waals surface area contributed by atoms with Gasteiger partial charge in [-0.3, -0.25) is 4.79 Å². The van der Waals surface area contributed by atoms with Crippen molar-refractivity contribution in [1.82, 2.24) is 20.9 Å². The lowest BCUT2D eigenvalue weighted by Crippen LogP contribution is -2.41. The number of ether oxygens (including phenoxy) is 1. The number of halogens is 1. The average Bonchev–Trinajstić information content (AvgIpc) is 3.08. The Kier molecular flexibility index (Phi) is 10.7. The number of hydrogen-bond acceptors (Lipinski definition) is 5. The number of aliphatic imine (C=N–C) groups is 1. The van der Waals surface area contributed by atoms with Gasteiger partial charge in [0.05, 0.1) is 13.7 Å².